The summed E-state index contributed by atoms with van der Waals surface area (Å²) >= 11 is 0. The van der Waals surface area contributed by atoms with Gasteiger partial charge in [-0.05, 0) is 60.8 Å². The van der Waals surface area contributed by atoms with Crippen LogP contribution in [0.3, 0.4) is 0 Å². The highest BCUT2D eigenvalue weighted by molar-refractivity contribution is 5.32. The Morgan fingerprint density at radius 2 is 1.53 bits per heavy atom. The topological polar surface area (TPSA) is 18.5 Å². The first-order valence-electron chi connectivity index (χ1n) is 12.5. The Morgan fingerprint density at radius 3 is 2.13 bits per heavy atom. The zero-order valence-corrected chi connectivity index (χ0v) is 20.7. The van der Waals surface area contributed by atoms with E-state index >= 15 is 0 Å². The molecule has 0 saturated carbocycles. The third-order valence-electron chi connectivity index (χ3n) is 6.78. The average molecular weight is 541 g/mol. The Bertz CT molecular complexity index is 1230. The van der Waals surface area contributed by atoms with Crippen LogP contribution in [-0.4, -0.2) is 6.61 Å². The fourth-order valence-corrected chi connectivity index (χ4v) is 4.68. The number of ether oxygens (including phenoxy) is 2. The van der Waals surface area contributed by atoms with E-state index < -0.39 is 46.5 Å². The third-order valence-corrected chi connectivity index (χ3v) is 6.78. The van der Waals surface area contributed by atoms with Crippen LogP contribution in [0.4, 0.5) is 30.7 Å². The fraction of sp³-hybridized carbons (Fsp3) is 0.379. The van der Waals surface area contributed by atoms with E-state index in [-0.39, 0.29) is 30.2 Å². The molecular weight excluding hydrogens is 513 g/mol. The molecule has 0 N–H and O–H groups in total. The molecule has 9 heteroatoms. The molecule has 4 rings (SSSR count). The largest absolute Gasteiger partial charge is 0.429 e. The van der Waals surface area contributed by atoms with Crippen molar-refractivity contribution in [1.29, 1.82) is 0 Å². The van der Waals surface area contributed by atoms with Gasteiger partial charge in [-0.3, -0.25) is 0 Å². The first-order chi connectivity index (χ1) is 18.1. The van der Waals surface area contributed by atoms with Crippen molar-refractivity contribution >= 4 is 0 Å². The Kier molecular flexibility index (Phi) is 8.65. The van der Waals surface area contributed by atoms with Crippen molar-refractivity contribution in [3.8, 4) is 5.75 Å². The van der Waals surface area contributed by atoms with E-state index in [4.69, 9.17) is 4.74 Å². The molecule has 2 unspecified atom stereocenters. The fourth-order valence-electron chi connectivity index (χ4n) is 4.68. The Hall–Kier alpha value is -3.07. The second-order valence-electron chi connectivity index (χ2n) is 9.52. The molecule has 0 radical (unpaired) electrons. The minimum Gasteiger partial charge on any atom is -0.429 e. The molecule has 0 bridgehead atoms. The van der Waals surface area contributed by atoms with Gasteiger partial charge in [-0.25, -0.2) is 22.0 Å². The lowest BCUT2D eigenvalue weighted by atomic mass is 9.91. The van der Waals surface area contributed by atoms with Crippen molar-refractivity contribution in [3.63, 3.8) is 0 Å². The number of rotatable bonds is 9. The van der Waals surface area contributed by atoms with Gasteiger partial charge < -0.3 is 9.47 Å². The van der Waals surface area contributed by atoms with Crippen LogP contribution in [0, 0.1) is 35.0 Å². The number of hydrogen-bond donors (Lipinski definition) is 0. The summed E-state index contributed by atoms with van der Waals surface area (Å²) < 4.78 is 108. The molecule has 38 heavy (non-hydrogen) atoms. The lowest BCUT2D eigenvalue weighted by Crippen LogP contribution is -2.24. The predicted molar refractivity (Wildman–Crippen MR) is 127 cm³/mol. The Labute approximate surface area is 216 Å². The van der Waals surface area contributed by atoms with Gasteiger partial charge in [0, 0.05) is 12.1 Å². The van der Waals surface area contributed by atoms with Crippen LogP contribution in [-0.2, 0) is 23.7 Å². The van der Waals surface area contributed by atoms with Crippen LogP contribution < -0.4 is 4.74 Å². The predicted octanol–water partition coefficient (Wildman–Crippen LogP) is 8.56. The summed E-state index contributed by atoms with van der Waals surface area (Å²) in [5, 5.41) is 0. The van der Waals surface area contributed by atoms with Crippen molar-refractivity contribution in [3.05, 3.63) is 99.9 Å². The van der Waals surface area contributed by atoms with Crippen LogP contribution in [0.15, 0.2) is 48.5 Å². The molecule has 2 nitrogen and oxygen atoms in total. The van der Waals surface area contributed by atoms with Crippen molar-refractivity contribution in [2.24, 2.45) is 5.92 Å². The maximum atomic E-state index is 14.7. The van der Waals surface area contributed by atoms with Crippen molar-refractivity contribution in [2.45, 2.75) is 57.7 Å². The van der Waals surface area contributed by atoms with Gasteiger partial charge in [0.1, 0.15) is 11.3 Å². The molecule has 1 saturated heterocycles. The van der Waals surface area contributed by atoms with Gasteiger partial charge in [-0.2, -0.15) is 8.78 Å². The number of halogens is 7. The zero-order chi connectivity index (χ0) is 27.4. The van der Waals surface area contributed by atoms with Crippen LogP contribution in [0.1, 0.15) is 61.0 Å². The first kappa shape index (κ1) is 28.0. The van der Waals surface area contributed by atoms with E-state index in [9.17, 15) is 30.7 Å². The monoisotopic (exact) mass is 540 g/mol. The minimum atomic E-state index is -4.48. The van der Waals surface area contributed by atoms with Gasteiger partial charge in [0.25, 0.3) is 0 Å². The second-order valence-corrected chi connectivity index (χ2v) is 9.52. The lowest BCUT2D eigenvalue weighted by Gasteiger charge is -2.29. The zero-order valence-electron chi connectivity index (χ0n) is 20.7. The average Bonchev–Trinajstić information content (AvgIpc) is 2.88. The maximum absolute atomic E-state index is 14.7. The molecule has 0 aromatic heterocycles. The van der Waals surface area contributed by atoms with Gasteiger partial charge in [0.05, 0.1) is 12.7 Å². The smallest absolute Gasteiger partial charge is 0.429 e. The van der Waals surface area contributed by atoms with E-state index in [0.717, 1.165) is 49.5 Å². The summed E-state index contributed by atoms with van der Waals surface area (Å²) in [4.78, 5) is 0. The van der Waals surface area contributed by atoms with Gasteiger partial charge in [0.2, 0.25) is 0 Å². The quantitative estimate of drug-likeness (QED) is 0.200. The van der Waals surface area contributed by atoms with E-state index in [1.54, 1.807) is 0 Å². The molecule has 3 aromatic carbocycles. The molecule has 1 fully saturated rings. The second kappa shape index (κ2) is 11.8. The maximum Gasteiger partial charge on any atom is 0.429 e. The van der Waals surface area contributed by atoms with Crippen LogP contribution in [0.5, 0.6) is 5.75 Å². The number of aryl methyl sites for hydroxylation is 2. The van der Waals surface area contributed by atoms with Gasteiger partial charge >= 0.3 is 6.11 Å². The molecule has 204 valence electrons. The molecule has 1 aliphatic heterocycles. The molecular formula is C29H27F7O2. The number of hydrogen-bond acceptors (Lipinski definition) is 2. The summed E-state index contributed by atoms with van der Waals surface area (Å²) in [6, 6.07) is 9.67. The Morgan fingerprint density at radius 1 is 0.842 bits per heavy atom. The van der Waals surface area contributed by atoms with Crippen molar-refractivity contribution in [2.75, 3.05) is 6.61 Å². The molecule has 1 heterocycles. The molecule has 0 amide bonds. The summed E-state index contributed by atoms with van der Waals surface area (Å²) in [7, 11) is 0. The van der Waals surface area contributed by atoms with E-state index in [1.807, 2.05) is 24.3 Å². The normalized spacial score (nSPS) is 18.0. The number of alkyl halides is 2. The van der Waals surface area contributed by atoms with E-state index in [2.05, 4.69) is 11.7 Å². The van der Waals surface area contributed by atoms with Gasteiger partial charge in [0.15, 0.2) is 29.1 Å². The molecule has 3 aromatic rings. The highest BCUT2D eigenvalue weighted by atomic mass is 19.3. The molecule has 2 atom stereocenters. The molecule has 0 aliphatic carbocycles. The van der Waals surface area contributed by atoms with Gasteiger partial charge in [-0.15, -0.1) is 0 Å². The summed E-state index contributed by atoms with van der Waals surface area (Å²) in [6.45, 7) is 2.90. The summed E-state index contributed by atoms with van der Waals surface area (Å²) in [5.41, 5.74) is 0.323. The highest BCUT2D eigenvalue weighted by Crippen LogP contribution is 2.36. The first-order valence-corrected chi connectivity index (χ1v) is 12.5. The molecule has 1 aliphatic rings. The van der Waals surface area contributed by atoms with E-state index in [0.29, 0.717) is 18.4 Å². The Balaban J connectivity index is 1.40. The van der Waals surface area contributed by atoms with Crippen molar-refractivity contribution < 1.29 is 40.2 Å². The lowest BCUT2D eigenvalue weighted by molar-refractivity contribution is -0.188. The van der Waals surface area contributed by atoms with Gasteiger partial charge in [-0.1, -0.05) is 43.7 Å². The third kappa shape index (κ3) is 6.31. The van der Waals surface area contributed by atoms with E-state index in [1.165, 1.54) is 0 Å². The minimum absolute atomic E-state index is 0.0306. The van der Waals surface area contributed by atoms with Crippen molar-refractivity contribution in [1.82, 2.24) is 0 Å². The molecule has 0 spiro atoms. The van der Waals surface area contributed by atoms with Crippen LogP contribution in [0.25, 0.3) is 0 Å². The van der Waals surface area contributed by atoms with Crippen LogP contribution in [0.2, 0.25) is 0 Å². The SMILES string of the molecule is CCCC1CCC(c2ccc(CCc3ccc(C(F)(F)Oc4cc(F)c(F)c(F)c4)c(F)c3F)cc2)OC1. The number of benzene rings is 3. The highest BCUT2D eigenvalue weighted by Gasteiger charge is 2.39. The summed E-state index contributed by atoms with van der Waals surface area (Å²) in [5.74, 6) is -9.22. The van der Waals surface area contributed by atoms with Crippen LogP contribution >= 0.6 is 0 Å². The standard InChI is InChI=1S/C29H27F7O2/c1-2-3-18-7-13-25(37-16-18)19-8-4-17(5-9-19)6-10-20-11-12-22(27(33)26(20)32)29(35,36)38-21-14-23(30)28(34)24(31)15-21/h4-5,8-9,11-12,14-15,18,25H,2-3,6-7,10,13,16H2,1H3. The summed E-state index contributed by atoms with van der Waals surface area (Å²) in [6.07, 6.45) is 0.278.